The zero-order chi connectivity index (χ0) is 19.4. The number of carbonyl (C=O) groups is 1. The molecule has 0 N–H and O–H groups in total. The van der Waals surface area contributed by atoms with Crippen LogP contribution in [0.1, 0.15) is 44.9 Å². The third-order valence-corrected chi connectivity index (χ3v) is 7.78. The van der Waals surface area contributed by atoms with Gasteiger partial charge in [-0.3, -0.25) is 4.79 Å². The molecule has 3 rings (SSSR count). The van der Waals surface area contributed by atoms with E-state index in [2.05, 4.69) is 0 Å². The molecular weight excluding hydrogens is 364 g/mol. The van der Waals surface area contributed by atoms with Gasteiger partial charge in [-0.05, 0) is 49.9 Å². The first-order chi connectivity index (χ1) is 12.9. The summed E-state index contributed by atoms with van der Waals surface area (Å²) in [5, 5.41) is 0. The molecule has 7 heteroatoms. The van der Waals surface area contributed by atoms with Gasteiger partial charge < -0.3 is 9.64 Å². The molecule has 1 aliphatic heterocycles. The van der Waals surface area contributed by atoms with Crippen LogP contribution < -0.4 is 4.74 Å². The average Bonchev–Trinajstić information content (AvgIpc) is 2.73. The van der Waals surface area contributed by atoms with E-state index in [0.717, 1.165) is 19.3 Å². The van der Waals surface area contributed by atoms with E-state index in [9.17, 15) is 13.2 Å². The monoisotopic (exact) mass is 394 g/mol. The Bertz CT molecular complexity index is 742. The lowest BCUT2D eigenvalue weighted by Gasteiger charge is -2.37. The fourth-order valence-electron chi connectivity index (χ4n) is 4.20. The molecule has 2 aliphatic rings. The molecule has 6 nitrogen and oxygen atoms in total. The second kappa shape index (κ2) is 8.61. The minimum Gasteiger partial charge on any atom is -0.497 e. The Balaban J connectivity index is 1.69. The van der Waals surface area contributed by atoms with Gasteiger partial charge in [-0.25, -0.2) is 8.42 Å². The normalized spacial score (nSPS) is 22.4. The molecule has 0 radical (unpaired) electrons. The summed E-state index contributed by atoms with van der Waals surface area (Å²) in [4.78, 5) is 15.1. The van der Waals surface area contributed by atoms with Gasteiger partial charge in [0.05, 0.1) is 17.9 Å². The Kier molecular flexibility index (Phi) is 6.42. The molecule has 0 spiro atoms. The maximum absolute atomic E-state index is 13.0. The first kappa shape index (κ1) is 20.1. The highest BCUT2D eigenvalue weighted by Gasteiger charge is 2.35. The Labute approximate surface area is 162 Å². The number of hydrogen-bond donors (Lipinski definition) is 0. The second-order valence-electron chi connectivity index (χ2n) is 7.62. The van der Waals surface area contributed by atoms with Crippen molar-refractivity contribution >= 4 is 15.9 Å². The van der Waals surface area contributed by atoms with Crippen molar-refractivity contribution in [2.24, 2.45) is 5.92 Å². The molecule has 1 heterocycles. The lowest BCUT2D eigenvalue weighted by Crippen LogP contribution is -2.48. The van der Waals surface area contributed by atoms with E-state index in [1.807, 2.05) is 11.9 Å². The quantitative estimate of drug-likeness (QED) is 0.770. The fourth-order valence-corrected chi connectivity index (χ4v) is 5.72. The zero-order valence-corrected chi connectivity index (χ0v) is 17.1. The van der Waals surface area contributed by atoms with Crippen molar-refractivity contribution in [2.75, 3.05) is 27.2 Å². The Morgan fingerprint density at radius 2 is 1.74 bits per heavy atom. The van der Waals surface area contributed by atoms with E-state index in [-0.39, 0.29) is 23.3 Å². The van der Waals surface area contributed by atoms with Gasteiger partial charge in [-0.1, -0.05) is 19.3 Å². The van der Waals surface area contributed by atoms with Crippen LogP contribution in [0.15, 0.2) is 29.2 Å². The van der Waals surface area contributed by atoms with Crippen molar-refractivity contribution in [1.82, 2.24) is 9.21 Å². The highest BCUT2D eigenvalue weighted by atomic mass is 32.2. The molecule has 0 aromatic heterocycles. The van der Waals surface area contributed by atoms with Crippen LogP contribution >= 0.6 is 0 Å². The predicted octanol–water partition coefficient (Wildman–Crippen LogP) is 2.89. The molecule has 1 amide bonds. The van der Waals surface area contributed by atoms with Gasteiger partial charge in [0.25, 0.3) is 0 Å². The highest BCUT2D eigenvalue weighted by molar-refractivity contribution is 7.89. The molecule has 0 unspecified atom stereocenters. The van der Waals surface area contributed by atoms with Crippen molar-refractivity contribution in [3.8, 4) is 5.75 Å². The van der Waals surface area contributed by atoms with Crippen LogP contribution in [0.4, 0.5) is 0 Å². The van der Waals surface area contributed by atoms with E-state index < -0.39 is 10.0 Å². The molecule has 150 valence electrons. The number of benzene rings is 1. The summed E-state index contributed by atoms with van der Waals surface area (Å²) in [6.07, 6.45) is 7.17. The zero-order valence-electron chi connectivity index (χ0n) is 16.3. The molecule has 1 saturated heterocycles. The fraction of sp³-hybridized carbons (Fsp3) is 0.650. The van der Waals surface area contributed by atoms with Crippen LogP contribution in [0.25, 0.3) is 0 Å². The van der Waals surface area contributed by atoms with Gasteiger partial charge in [0.1, 0.15) is 5.75 Å². The second-order valence-corrected chi connectivity index (χ2v) is 9.56. The minimum absolute atomic E-state index is 0.0940. The summed E-state index contributed by atoms with van der Waals surface area (Å²) in [7, 11) is -0.164. The molecule has 2 fully saturated rings. The van der Waals surface area contributed by atoms with E-state index >= 15 is 0 Å². The standard InChI is InChI=1S/C20H30N2O4S/c1-21(17-8-4-3-5-9-17)20(23)16-7-6-14-22(15-16)27(24,25)19-12-10-18(26-2)11-13-19/h10-13,16-17H,3-9,14-15H2,1-2H3/t16-/m0/s1. The highest BCUT2D eigenvalue weighted by Crippen LogP contribution is 2.28. The van der Waals surface area contributed by atoms with Crippen LogP contribution in [0.2, 0.25) is 0 Å². The third kappa shape index (κ3) is 4.46. The van der Waals surface area contributed by atoms with Gasteiger partial charge in [0.15, 0.2) is 0 Å². The van der Waals surface area contributed by atoms with Crippen molar-refractivity contribution in [3.63, 3.8) is 0 Å². The maximum Gasteiger partial charge on any atom is 0.243 e. The molecule has 1 atom stereocenters. The Hall–Kier alpha value is -1.60. The van der Waals surface area contributed by atoms with Crippen LogP contribution in [0, 0.1) is 5.92 Å². The largest absolute Gasteiger partial charge is 0.497 e. The maximum atomic E-state index is 13.0. The minimum atomic E-state index is -3.60. The number of ether oxygens (including phenoxy) is 1. The smallest absolute Gasteiger partial charge is 0.243 e. The van der Waals surface area contributed by atoms with Gasteiger partial charge in [-0.15, -0.1) is 0 Å². The number of carbonyl (C=O) groups excluding carboxylic acids is 1. The van der Waals surface area contributed by atoms with Gasteiger partial charge in [-0.2, -0.15) is 4.31 Å². The molecule has 0 bridgehead atoms. The third-order valence-electron chi connectivity index (χ3n) is 5.90. The SMILES string of the molecule is COc1ccc(S(=O)(=O)N2CCC[C@H](C(=O)N(C)C3CCCCC3)C2)cc1. The van der Waals surface area contributed by atoms with Crippen molar-refractivity contribution < 1.29 is 17.9 Å². The molecule has 27 heavy (non-hydrogen) atoms. The topological polar surface area (TPSA) is 66.9 Å². The van der Waals surface area contributed by atoms with Gasteiger partial charge in [0, 0.05) is 26.2 Å². The summed E-state index contributed by atoms with van der Waals surface area (Å²) >= 11 is 0. The van der Waals surface area contributed by atoms with Crippen LogP contribution in [0.3, 0.4) is 0 Å². The number of amides is 1. The van der Waals surface area contributed by atoms with Crippen molar-refractivity contribution in [3.05, 3.63) is 24.3 Å². The molecule has 1 aromatic rings. The summed E-state index contributed by atoms with van der Waals surface area (Å²) in [5.41, 5.74) is 0. The van der Waals surface area contributed by atoms with E-state index in [0.29, 0.717) is 24.8 Å². The van der Waals surface area contributed by atoms with Crippen molar-refractivity contribution in [1.29, 1.82) is 0 Å². The van der Waals surface area contributed by atoms with E-state index in [1.54, 1.807) is 31.4 Å². The van der Waals surface area contributed by atoms with Crippen LogP contribution in [0.5, 0.6) is 5.75 Å². The molecular formula is C20H30N2O4S. The van der Waals surface area contributed by atoms with Gasteiger partial charge >= 0.3 is 0 Å². The van der Waals surface area contributed by atoms with E-state index in [4.69, 9.17) is 4.74 Å². The molecule has 1 aromatic carbocycles. The number of rotatable bonds is 5. The van der Waals surface area contributed by atoms with Crippen LogP contribution in [-0.4, -0.2) is 56.8 Å². The number of nitrogens with zero attached hydrogens (tertiary/aromatic N) is 2. The summed E-state index contributed by atoms with van der Waals surface area (Å²) in [6.45, 7) is 0.732. The summed E-state index contributed by atoms with van der Waals surface area (Å²) in [6, 6.07) is 6.73. The number of hydrogen-bond acceptors (Lipinski definition) is 4. The van der Waals surface area contributed by atoms with E-state index in [1.165, 1.54) is 23.6 Å². The van der Waals surface area contributed by atoms with Crippen LogP contribution in [-0.2, 0) is 14.8 Å². The Morgan fingerprint density at radius 3 is 2.37 bits per heavy atom. The number of piperidine rings is 1. The lowest BCUT2D eigenvalue weighted by molar-refractivity contribution is -0.138. The molecule has 1 saturated carbocycles. The first-order valence-corrected chi connectivity index (χ1v) is 11.3. The Morgan fingerprint density at radius 1 is 1.07 bits per heavy atom. The van der Waals surface area contributed by atoms with Gasteiger partial charge in [0.2, 0.25) is 15.9 Å². The first-order valence-electron chi connectivity index (χ1n) is 9.84. The predicted molar refractivity (Wildman–Crippen MR) is 104 cm³/mol. The number of methoxy groups -OCH3 is 1. The average molecular weight is 395 g/mol. The van der Waals surface area contributed by atoms with Crippen molar-refractivity contribution in [2.45, 2.75) is 55.9 Å². The lowest BCUT2D eigenvalue weighted by atomic mass is 9.92. The number of sulfonamides is 1. The summed E-state index contributed by atoms with van der Waals surface area (Å²) in [5.74, 6) is 0.463. The summed E-state index contributed by atoms with van der Waals surface area (Å²) < 4.78 is 32.5. The molecule has 1 aliphatic carbocycles.